The molecule has 4 nitrogen and oxygen atoms in total. The Morgan fingerprint density at radius 3 is 2.35 bits per heavy atom. The highest BCUT2D eigenvalue weighted by Gasteiger charge is 2.25. The van der Waals surface area contributed by atoms with Gasteiger partial charge in [0.2, 0.25) is 0 Å². The molecule has 0 unspecified atom stereocenters. The lowest BCUT2D eigenvalue weighted by Gasteiger charge is -2.14. The van der Waals surface area contributed by atoms with Crippen LogP contribution in [0, 0.1) is 11.3 Å². The molecule has 0 aliphatic rings. The monoisotopic (exact) mass is 424 g/mol. The van der Waals surface area contributed by atoms with Crippen LogP contribution >= 0.6 is 46.4 Å². The van der Waals surface area contributed by atoms with Crippen LogP contribution < -0.4 is 0 Å². The van der Waals surface area contributed by atoms with Gasteiger partial charge in [-0.1, -0.05) is 64.6 Å². The highest BCUT2D eigenvalue weighted by Crippen LogP contribution is 2.41. The summed E-state index contributed by atoms with van der Waals surface area (Å²) < 4.78 is 1.42. The molecule has 0 bridgehead atoms. The fourth-order valence-corrected chi connectivity index (χ4v) is 3.39. The molecule has 0 amide bonds. The lowest BCUT2D eigenvalue weighted by molar-refractivity contribution is 0.0697. The van der Waals surface area contributed by atoms with Gasteiger partial charge in [-0.2, -0.15) is 5.26 Å². The first-order chi connectivity index (χ1) is 12.4. The summed E-state index contributed by atoms with van der Waals surface area (Å²) in [5.41, 5.74) is 1.23. The minimum atomic E-state index is -1.14. The number of hydrogen-bond donors (Lipinski definition) is 1. The molecule has 3 rings (SSSR count). The summed E-state index contributed by atoms with van der Waals surface area (Å²) in [6, 6.07) is 13.1. The van der Waals surface area contributed by atoms with Gasteiger partial charge in [0.25, 0.3) is 0 Å². The number of para-hydroxylation sites is 1. The summed E-state index contributed by atoms with van der Waals surface area (Å²) in [5, 5.41) is 19.7. The normalized spacial score (nSPS) is 10.6. The molecule has 1 N–H and O–H groups in total. The Hall–Kier alpha value is -2.16. The third-order valence-corrected chi connectivity index (χ3v) is 5.30. The van der Waals surface area contributed by atoms with Crippen molar-refractivity contribution in [1.82, 2.24) is 4.57 Å². The van der Waals surface area contributed by atoms with Gasteiger partial charge in [0.15, 0.2) is 0 Å². The minimum absolute atomic E-state index is 0.00636. The molecule has 0 saturated carbocycles. The molecule has 0 saturated heterocycles. The first kappa shape index (κ1) is 18.6. The Morgan fingerprint density at radius 1 is 1.04 bits per heavy atom. The summed E-state index contributed by atoms with van der Waals surface area (Å²) in [7, 11) is 0. The number of halogens is 4. The van der Waals surface area contributed by atoms with Crippen LogP contribution in [-0.2, 0) is 0 Å². The molecule has 0 fully saturated rings. The molecule has 0 spiro atoms. The molecule has 0 atom stereocenters. The molecule has 8 heteroatoms. The third kappa shape index (κ3) is 3.04. The van der Waals surface area contributed by atoms with Gasteiger partial charge >= 0.3 is 5.97 Å². The number of nitrogens with zero attached hydrogens (tertiary/aromatic N) is 2. The number of aromatic nitrogens is 1. The molecule has 0 radical (unpaired) electrons. The van der Waals surface area contributed by atoms with Crippen LogP contribution in [-0.4, -0.2) is 15.6 Å². The van der Waals surface area contributed by atoms with E-state index in [-0.39, 0.29) is 32.0 Å². The van der Waals surface area contributed by atoms with Crippen molar-refractivity contribution in [3.05, 3.63) is 73.8 Å². The molecular weight excluding hydrogens is 418 g/mol. The Labute approximate surface area is 168 Å². The maximum atomic E-state index is 11.6. The second kappa shape index (κ2) is 7.22. The van der Waals surface area contributed by atoms with E-state index in [4.69, 9.17) is 46.4 Å². The molecule has 0 aliphatic carbocycles. The number of rotatable bonds is 3. The lowest BCUT2D eigenvalue weighted by atomic mass is 10.1. The maximum absolute atomic E-state index is 11.6. The Bertz CT molecular complexity index is 1080. The van der Waals surface area contributed by atoms with Crippen molar-refractivity contribution in [2.45, 2.75) is 0 Å². The Kier molecular flexibility index (Phi) is 5.17. The molecule has 130 valence electrons. The average Bonchev–Trinajstić information content (AvgIpc) is 2.88. The lowest BCUT2D eigenvalue weighted by Crippen LogP contribution is -2.06. The van der Waals surface area contributed by atoms with Crippen molar-refractivity contribution >= 4 is 52.4 Å². The number of benzene rings is 2. The van der Waals surface area contributed by atoms with Crippen LogP contribution in [0.15, 0.2) is 42.5 Å². The van der Waals surface area contributed by atoms with Gasteiger partial charge in [-0.15, -0.1) is 0 Å². The third-order valence-electron chi connectivity index (χ3n) is 3.74. The van der Waals surface area contributed by atoms with Gasteiger partial charge in [-0.3, -0.25) is 4.57 Å². The van der Waals surface area contributed by atoms with E-state index in [0.717, 1.165) is 0 Å². The smallest absolute Gasteiger partial charge is 0.337 e. The topological polar surface area (TPSA) is 66.0 Å². The van der Waals surface area contributed by atoms with Crippen molar-refractivity contribution in [3.8, 4) is 23.0 Å². The number of carbonyl (C=O) groups is 1. The van der Waals surface area contributed by atoms with E-state index in [1.807, 2.05) is 6.07 Å². The average molecular weight is 426 g/mol. The molecule has 26 heavy (non-hydrogen) atoms. The maximum Gasteiger partial charge on any atom is 0.337 e. The zero-order valence-corrected chi connectivity index (χ0v) is 15.8. The number of aromatic carboxylic acids is 1. The van der Waals surface area contributed by atoms with E-state index in [1.54, 1.807) is 36.4 Å². The van der Waals surface area contributed by atoms with Gasteiger partial charge in [0.05, 0.1) is 37.6 Å². The molecular formula is C18H8Cl4N2O2. The highest BCUT2D eigenvalue weighted by atomic mass is 35.5. The van der Waals surface area contributed by atoms with E-state index >= 15 is 0 Å². The first-order valence-electron chi connectivity index (χ1n) is 7.14. The zero-order chi connectivity index (χ0) is 19.0. The second-order valence-electron chi connectivity index (χ2n) is 5.23. The van der Waals surface area contributed by atoms with Crippen LogP contribution in [0.3, 0.4) is 0 Å². The Morgan fingerprint density at radius 2 is 1.73 bits per heavy atom. The van der Waals surface area contributed by atoms with E-state index in [0.29, 0.717) is 16.3 Å². The van der Waals surface area contributed by atoms with Crippen molar-refractivity contribution in [3.63, 3.8) is 0 Å². The molecule has 1 aromatic heterocycles. The molecule has 2 aromatic carbocycles. The standard InChI is InChI=1S/C18H8Cl4N2O2/c19-12-6-5-9(7-13(12)20)16-11(8-23)15(21)17(22)24(16)14-4-2-1-3-10(14)18(25)26/h1-7H,(H,25,26). The van der Waals surface area contributed by atoms with Gasteiger partial charge in [0.1, 0.15) is 11.2 Å². The van der Waals surface area contributed by atoms with Crippen LogP contribution in [0.4, 0.5) is 0 Å². The summed E-state index contributed by atoms with van der Waals surface area (Å²) in [5.74, 6) is -1.14. The predicted octanol–water partition coefficient (Wildman–Crippen LogP) is 6.33. The second-order valence-corrected chi connectivity index (χ2v) is 6.78. The first-order valence-corrected chi connectivity index (χ1v) is 8.66. The van der Waals surface area contributed by atoms with E-state index in [1.165, 1.54) is 10.6 Å². The number of carboxylic acid groups (broad SMARTS) is 1. The fraction of sp³-hybridized carbons (Fsp3) is 0. The molecule has 3 aromatic rings. The number of carboxylic acids is 1. The zero-order valence-electron chi connectivity index (χ0n) is 12.8. The van der Waals surface area contributed by atoms with Crippen LogP contribution in [0.1, 0.15) is 15.9 Å². The Balaban J connectivity index is 2.43. The number of hydrogen-bond acceptors (Lipinski definition) is 2. The van der Waals surface area contributed by atoms with Gasteiger partial charge < -0.3 is 5.11 Å². The van der Waals surface area contributed by atoms with E-state index < -0.39 is 5.97 Å². The predicted molar refractivity (Wildman–Crippen MR) is 103 cm³/mol. The summed E-state index contributed by atoms with van der Waals surface area (Å²) in [6.07, 6.45) is 0. The van der Waals surface area contributed by atoms with Gasteiger partial charge in [-0.05, 0) is 24.3 Å². The van der Waals surface area contributed by atoms with Gasteiger partial charge in [-0.25, -0.2) is 4.79 Å². The van der Waals surface area contributed by atoms with E-state index in [2.05, 4.69) is 0 Å². The van der Waals surface area contributed by atoms with Crippen LogP contribution in [0.25, 0.3) is 16.9 Å². The summed E-state index contributed by atoms with van der Waals surface area (Å²) in [4.78, 5) is 11.6. The van der Waals surface area contributed by atoms with E-state index in [9.17, 15) is 15.2 Å². The summed E-state index contributed by atoms with van der Waals surface area (Å²) >= 11 is 24.7. The van der Waals surface area contributed by atoms with Crippen LogP contribution in [0.5, 0.6) is 0 Å². The quantitative estimate of drug-likeness (QED) is 0.533. The highest BCUT2D eigenvalue weighted by molar-refractivity contribution is 6.43. The summed E-state index contributed by atoms with van der Waals surface area (Å²) in [6.45, 7) is 0. The largest absolute Gasteiger partial charge is 0.478 e. The SMILES string of the molecule is N#Cc1c(Cl)c(Cl)n(-c2ccccc2C(=O)O)c1-c1ccc(Cl)c(Cl)c1. The van der Waals surface area contributed by atoms with Crippen LogP contribution in [0.2, 0.25) is 20.2 Å². The van der Waals surface area contributed by atoms with Crippen molar-refractivity contribution in [1.29, 1.82) is 5.26 Å². The fourth-order valence-electron chi connectivity index (χ4n) is 2.61. The molecule has 1 heterocycles. The van der Waals surface area contributed by atoms with Crippen molar-refractivity contribution < 1.29 is 9.90 Å². The van der Waals surface area contributed by atoms with Crippen molar-refractivity contribution in [2.24, 2.45) is 0 Å². The van der Waals surface area contributed by atoms with Crippen molar-refractivity contribution in [2.75, 3.05) is 0 Å². The molecule has 0 aliphatic heterocycles. The minimum Gasteiger partial charge on any atom is -0.478 e. The number of nitriles is 1. The van der Waals surface area contributed by atoms with Gasteiger partial charge in [0, 0.05) is 5.56 Å².